The summed E-state index contributed by atoms with van der Waals surface area (Å²) < 4.78 is 47.9. The van der Waals surface area contributed by atoms with Gasteiger partial charge in [0.15, 0.2) is 5.75 Å². The first-order valence-electron chi connectivity index (χ1n) is 13.9. The van der Waals surface area contributed by atoms with Gasteiger partial charge >= 0.3 is 23.4 Å². The van der Waals surface area contributed by atoms with Crippen molar-refractivity contribution < 1.29 is 22.6 Å². The number of hydrogen-bond donors (Lipinski definition) is 0. The molecule has 1 aliphatic rings. The molecule has 224 valence electrons. The molecule has 0 saturated carbocycles. The lowest BCUT2D eigenvalue weighted by molar-refractivity contribution is 0.458. The highest BCUT2D eigenvalue weighted by molar-refractivity contribution is 7.75. The standard InChI is InChI=1S/C34H29N3O5P3/c1-3-28-20-24-33(25-21-28)41-44(39-31-16-10-6-11-17-31)35-43(38-30-14-8-5-9-15-30)36-45(37-44,40-32-18-12-7-13-19-32)42-34-26-22-29(4-2)23-27-34/h3-27H,1-2H2/q+1. The molecule has 0 fully saturated rings. The molecule has 1 aliphatic heterocycles. The molecule has 0 bridgehead atoms. The maximum absolute atomic E-state index is 6.63. The van der Waals surface area contributed by atoms with Gasteiger partial charge in [-0.05, 0) is 71.8 Å². The summed E-state index contributed by atoms with van der Waals surface area (Å²) in [5.41, 5.74) is 1.86. The van der Waals surface area contributed by atoms with Crippen LogP contribution in [0.2, 0.25) is 0 Å². The minimum absolute atomic E-state index is 0.488. The first-order valence-corrected chi connectivity index (χ1v) is 18.1. The van der Waals surface area contributed by atoms with Crippen molar-refractivity contribution in [2.75, 3.05) is 0 Å². The molecule has 0 N–H and O–H groups in total. The summed E-state index contributed by atoms with van der Waals surface area (Å²) >= 11 is 0. The Morgan fingerprint density at radius 2 is 0.844 bits per heavy atom. The predicted octanol–water partition coefficient (Wildman–Crippen LogP) is 12.1. The van der Waals surface area contributed by atoms with Crippen LogP contribution in [0, 0.1) is 0 Å². The summed E-state index contributed by atoms with van der Waals surface area (Å²) in [4.78, 5) is 0. The fourth-order valence-corrected chi connectivity index (χ4v) is 11.5. The summed E-state index contributed by atoms with van der Waals surface area (Å²) in [7, 11) is -9.29. The van der Waals surface area contributed by atoms with Crippen molar-refractivity contribution in [2.45, 2.75) is 0 Å². The number of benzene rings is 5. The Balaban J connectivity index is 1.57. The monoisotopic (exact) mass is 652 g/mol. The molecule has 0 saturated heterocycles. The molecule has 3 atom stereocenters. The normalized spacial score (nSPS) is 19.4. The van der Waals surface area contributed by atoms with Crippen molar-refractivity contribution in [3.05, 3.63) is 164 Å². The van der Waals surface area contributed by atoms with E-state index in [0.717, 1.165) is 11.1 Å². The summed E-state index contributed by atoms with van der Waals surface area (Å²) in [6.45, 7) is 7.70. The van der Waals surface area contributed by atoms with E-state index in [1.807, 2.05) is 140 Å². The van der Waals surface area contributed by atoms with E-state index in [4.69, 9.17) is 36.2 Å². The van der Waals surface area contributed by atoms with Gasteiger partial charge in [-0.3, -0.25) is 0 Å². The second-order valence-electron chi connectivity index (χ2n) is 9.44. The van der Waals surface area contributed by atoms with Crippen LogP contribution in [0.3, 0.4) is 0 Å². The maximum atomic E-state index is 6.63. The number of para-hydroxylation sites is 3. The highest BCUT2D eigenvalue weighted by atomic mass is 31.3. The molecule has 3 unspecified atom stereocenters. The number of nitrogens with zero attached hydrogens (tertiary/aromatic N) is 3. The van der Waals surface area contributed by atoms with Gasteiger partial charge in [-0.2, -0.15) is 0 Å². The topological polar surface area (TPSA) is 83.2 Å². The van der Waals surface area contributed by atoms with Crippen molar-refractivity contribution in [3.8, 4) is 28.7 Å². The lowest BCUT2D eigenvalue weighted by Gasteiger charge is -2.25. The van der Waals surface area contributed by atoms with Crippen LogP contribution in [0.15, 0.2) is 166 Å². The molecule has 0 aliphatic carbocycles. The van der Waals surface area contributed by atoms with Gasteiger partial charge in [0.05, 0.1) is 9.03 Å². The third-order valence-corrected chi connectivity index (χ3v) is 13.2. The van der Waals surface area contributed by atoms with Gasteiger partial charge < -0.3 is 18.1 Å². The molecule has 8 nitrogen and oxygen atoms in total. The smallest absolute Gasteiger partial charge is 0.411 e. The van der Waals surface area contributed by atoms with Gasteiger partial charge in [0, 0.05) is 0 Å². The van der Waals surface area contributed by atoms with E-state index in [-0.39, 0.29) is 0 Å². The number of hydrogen-bond acceptors (Lipinski definition) is 8. The van der Waals surface area contributed by atoms with Gasteiger partial charge in [0.25, 0.3) is 0 Å². The van der Waals surface area contributed by atoms with Crippen LogP contribution >= 0.6 is 23.4 Å². The zero-order valence-corrected chi connectivity index (χ0v) is 26.8. The van der Waals surface area contributed by atoms with Crippen molar-refractivity contribution >= 4 is 35.6 Å². The van der Waals surface area contributed by atoms with Gasteiger partial charge in [-0.1, -0.05) is 109 Å². The third kappa shape index (κ3) is 7.81. The van der Waals surface area contributed by atoms with E-state index in [0.29, 0.717) is 28.7 Å². The quantitative estimate of drug-likeness (QED) is 0.125. The highest BCUT2D eigenvalue weighted by Gasteiger charge is 2.49. The Hall–Kier alpha value is -4.86. The molecular weight excluding hydrogens is 623 g/mol. The number of rotatable bonds is 12. The second-order valence-corrected chi connectivity index (χ2v) is 15.0. The molecule has 0 radical (unpaired) electrons. The fraction of sp³-hybridized carbons (Fsp3) is 0. The Morgan fingerprint density at radius 3 is 1.27 bits per heavy atom. The van der Waals surface area contributed by atoms with Crippen LogP contribution in [-0.4, -0.2) is 0 Å². The summed E-state index contributed by atoms with van der Waals surface area (Å²) in [5, 5.41) is 0. The van der Waals surface area contributed by atoms with Gasteiger partial charge in [-0.25, -0.2) is 4.52 Å². The molecule has 0 amide bonds. The van der Waals surface area contributed by atoms with Gasteiger partial charge in [-0.15, -0.1) is 0 Å². The predicted molar refractivity (Wildman–Crippen MR) is 184 cm³/mol. The van der Waals surface area contributed by atoms with Crippen molar-refractivity contribution in [2.24, 2.45) is 13.5 Å². The molecule has 5 aromatic carbocycles. The molecule has 0 spiro atoms. The van der Waals surface area contributed by atoms with Crippen LogP contribution < -0.4 is 22.6 Å². The van der Waals surface area contributed by atoms with E-state index >= 15 is 0 Å². The first-order chi connectivity index (χ1) is 22.0. The van der Waals surface area contributed by atoms with E-state index in [1.165, 1.54) is 0 Å². The minimum atomic E-state index is -3.64. The third-order valence-electron chi connectivity index (χ3n) is 6.15. The van der Waals surface area contributed by atoms with Crippen molar-refractivity contribution in [1.29, 1.82) is 0 Å². The average Bonchev–Trinajstić information content (AvgIpc) is 3.06. The largest absolute Gasteiger partial charge is 0.603 e. The Morgan fingerprint density at radius 1 is 0.467 bits per heavy atom. The average molecular weight is 653 g/mol. The van der Waals surface area contributed by atoms with Gasteiger partial charge in [0.1, 0.15) is 23.0 Å². The van der Waals surface area contributed by atoms with Crippen molar-refractivity contribution in [3.63, 3.8) is 0 Å². The first kappa shape index (κ1) is 30.2. The maximum Gasteiger partial charge on any atom is 0.603 e. The van der Waals surface area contributed by atoms with Gasteiger partial charge in [0.2, 0.25) is 0 Å². The zero-order valence-electron chi connectivity index (χ0n) is 24.1. The molecule has 6 rings (SSSR count). The Kier molecular flexibility index (Phi) is 9.28. The lowest BCUT2D eigenvalue weighted by atomic mass is 10.2. The Labute approximate surface area is 263 Å². The summed E-state index contributed by atoms with van der Waals surface area (Å²) in [6, 6.07) is 42.7. The minimum Gasteiger partial charge on any atom is -0.411 e. The molecule has 11 heteroatoms. The fourth-order valence-electron chi connectivity index (χ4n) is 4.03. The zero-order chi connectivity index (χ0) is 31.0. The van der Waals surface area contributed by atoms with Crippen LogP contribution in [0.5, 0.6) is 28.7 Å². The SMILES string of the molecule is C=Cc1ccc(OP2(Oc3ccccc3)=N[P+](Oc3ccccc3)=NP(Oc3ccccc3)(Oc3ccc(C=C)cc3)=N2)cc1. The summed E-state index contributed by atoms with van der Waals surface area (Å²) in [5.74, 6) is 2.56. The van der Waals surface area contributed by atoms with Crippen LogP contribution in [-0.2, 0) is 0 Å². The highest BCUT2D eigenvalue weighted by Crippen LogP contribution is 2.73. The van der Waals surface area contributed by atoms with E-state index < -0.39 is 23.4 Å². The molecule has 0 aromatic heterocycles. The molecule has 45 heavy (non-hydrogen) atoms. The molecular formula is C34H29N3O5P3+. The second kappa shape index (κ2) is 13.8. The summed E-state index contributed by atoms with van der Waals surface area (Å²) in [6.07, 6.45) is 3.51. The molecule has 5 aromatic rings. The van der Waals surface area contributed by atoms with Crippen LogP contribution in [0.4, 0.5) is 0 Å². The van der Waals surface area contributed by atoms with E-state index in [2.05, 4.69) is 13.2 Å². The van der Waals surface area contributed by atoms with E-state index in [9.17, 15) is 0 Å². The molecule has 1 heterocycles. The Bertz CT molecular complexity index is 1820. The van der Waals surface area contributed by atoms with Crippen LogP contribution in [0.25, 0.3) is 12.2 Å². The lowest BCUT2D eigenvalue weighted by Crippen LogP contribution is -2.06. The van der Waals surface area contributed by atoms with E-state index in [1.54, 1.807) is 12.2 Å². The van der Waals surface area contributed by atoms with Crippen molar-refractivity contribution in [1.82, 2.24) is 0 Å². The van der Waals surface area contributed by atoms with Crippen LogP contribution in [0.1, 0.15) is 11.1 Å².